The van der Waals surface area contributed by atoms with Crippen LogP contribution in [-0.2, 0) is 16.6 Å². The fourth-order valence-corrected chi connectivity index (χ4v) is 3.53. The van der Waals surface area contributed by atoms with Crippen molar-refractivity contribution < 1.29 is 8.42 Å². The predicted octanol–water partition coefficient (Wildman–Crippen LogP) is 2.07. The molecule has 0 fully saturated rings. The van der Waals surface area contributed by atoms with Crippen LogP contribution in [0.25, 0.3) is 0 Å². The van der Waals surface area contributed by atoms with E-state index >= 15 is 0 Å². The number of hydrogen-bond donors (Lipinski definition) is 2. The zero-order chi connectivity index (χ0) is 15.6. The summed E-state index contributed by atoms with van der Waals surface area (Å²) in [5, 5.41) is 0. The highest BCUT2D eigenvalue weighted by molar-refractivity contribution is 7.89. The zero-order valence-corrected chi connectivity index (χ0v) is 13.2. The average Bonchev–Trinajstić information content (AvgIpc) is 2.41. The molecular weight excluding hydrogens is 286 g/mol. The molecule has 21 heavy (non-hydrogen) atoms. The van der Waals surface area contributed by atoms with E-state index in [4.69, 9.17) is 5.73 Å². The van der Waals surface area contributed by atoms with Crippen LogP contribution >= 0.6 is 0 Å². The van der Waals surface area contributed by atoms with Gasteiger partial charge in [0.25, 0.3) is 0 Å². The molecule has 3 N–H and O–H groups in total. The molecule has 5 nitrogen and oxygen atoms in total. The molecule has 1 aromatic carbocycles. The largest absolute Gasteiger partial charge is 0.397 e. The number of nitrogens with two attached hydrogens (primary N) is 1. The molecule has 2 rings (SSSR count). The fraction of sp³-hybridized carbons (Fsp3) is 0.267. The third-order valence-corrected chi connectivity index (χ3v) is 4.87. The van der Waals surface area contributed by atoms with E-state index in [1.165, 1.54) is 0 Å². The first-order valence-corrected chi connectivity index (χ1v) is 8.07. The topological polar surface area (TPSA) is 85.1 Å². The van der Waals surface area contributed by atoms with Gasteiger partial charge in [-0.15, -0.1) is 0 Å². The number of aromatic nitrogens is 1. The molecule has 1 aromatic heterocycles. The SMILES string of the molecule is Cc1cccc(CNS(=O)(=O)c2c(C)ccc(C)c2N)n1. The zero-order valence-electron chi connectivity index (χ0n) is 12.3. The summed E-state index contributed by atoms with van der Waals surface area (Å²) in [6.45, 7) is 5.52. The highest BCUT2D eigenvalue weighted by Gasteiger charge is 2.21. The van der Waals surface area contributed by atoms with Crippen LogP contribution in [0, 0.1) is 20.8 Å². The minimum Gasteiger partial charge on any atom is -0.397 e. The molecule has 1 heterocycles. The van der Waals surface area contributed by atoms with Crippen molar-refractivity contribution in [2.24, 2.45) is 0 Å². The van der Waals surface area contributed by atoms with Crippen LogP contribution in [0.2, 0.25) is 0 Å². The second-order valence-corrected chi connectivity index (χ2v) is 6.74. The standard InChI is InChI=1S/C15H19N3O2S/c1-10-7-8-11(2)15(14(10)16)21(19,20)17-9-13-6-4-5-12(3)18-13/h4-8,17H,9,16H2,1-3H3. The maximum atomic E-state index is 12.5. The Morgan fingerprint density at radius 1 is 1.10 bits per heavy atom. The van der Waals surface area contributed by atoms with Crippen molar-refractivity contribution >= 4 is 15.7 Å². The lowest BCUT2D eigenvalue weighted by atomic mass is 10.1. The Labute approximate surface area is 125 Å². The highest BCUT2D eigenvalue weighted by Crippen LogP contribution is 2.25. The van der Waals surface area contributed by atoms with E-state index in [9.17, 15) is 8.42 Å². The summed E-state index contributed by atoms with van der Waals surface area (Å²) >= 11 is 0. The van der Waals surface area contributed by atoms with E-state index in [1.807, 2.05) is 25.1 Å². The Kier molecular flexibility index (Phi) is 4.29. The monoisotopic (exact) mass is 305 g/mol. The van der Waals surface area contributed by atoms with Crippen molar-refractivity contribution in [2.45, 2.75) is 32.2 Å². The molecule has 0 atom stereocenters. The Hall–Kier alpha value is -1.92. The molecule has 2 aromatic rings. The first kappa shape index (κ1) is 15.5. The lowest BCUT2D eigenvalue weighted by Crippen LogP contribution is -2.25. The van der Waals surface area contributed by atoms with Crippen molar-refractivity contribution in [3.8, 4) is 0 Å². The van der Waals surface area contributed by atoms with E-state index in [1.54, 1.807) is 26.0 Å². The van der Waals surface area contributed by atoms with E-state index in [2.05, 4.69) is 9.71 Å². The van der Waals surface area contributed by atoms with E-state index in [-0.39, 0.29) is 11.4 Å². The fourth-order valence-electron chi connectivity index (χ4n) is 2.10. The number of pyridine rings is 1. The van der Waals surface area contributed by atoms with Crippen LogP contribution in [0.15, 0.2) is 35.2 Å². The second-order valence-electron chi connectivity index (χ2n) is 5.04. The number of hydrogen-bond acceptors (Lipinski definition) is 4. The summed E-state index contributed by atoms with van der Waals surface area (Å²) in [6.07, 6.45) is 0. The van der Waals surface area contributed by atoms with Gasteiger partial charge in [0.15, 0.2) is 0 Å². The number of nitrogens with zero attached hydrogens (tertiary/aromatic N) is 1. The minimum absolute atomic E-state index is 0.136. The van der Waals surface area contributed by atoms with Crippen molar-refractivity contribution in [1.82, 2.24) is 9.71 Å². The van der Waals surface area contributed by atoms with Crippen LogP contribution in [0.1, 0.15) is 22.5 Å². The van der Waals surface area contributed by atoms with Gasteiger partial charge in [-0.3, -0.25) is 4.98 Å². The summed E-state index contributed by atoms with van der Waals surface area (Å²) in [5.74, 6) is 0. The van der Waals surface area contributed by atoms with E-state index in [0.717, 1.165) is 11.3 Å². The number of rotatable bonds is 4. The third kappa shape index (κ3) is 3.40. The van der Waals surface area contributed by atoms with Gasteiger partial charge in [-0.1, -0.05) is 18.2 Å². The van der Waals surface area contributed by atoms with Gasteiger partial charge in [-0.25, -0.2) is 13.1 Å². The van der Waals surface area contributed by atoms with Crippen LogP contribution in [-0.4, -0.2) is 13.4 Å². The number of anilines is 1. The lowest BCUT2D eigenvalue weighted by Gasteiger charge is -2.13. The Morgan fingerprint density at radius 2 is 1.76 bits per heavy atom. The molecule has 0 unspecified atom stereocenters. The Balaban J connectivity index is 2.29. The van der Waals surface area contributed by atoms with E-state index in [0.29, 0.717) is 16.9 Å². The average molecular weight is 305 g/mol. The molecule has 0 bridgehead atoms. The van der Waals surface area contributed by atoms with Gasteiger partial charge in [0.05, 0.1) is 17.9 Å². The van der Waals surface area contributed by atoms with Crippen molar-refractivity contribution in [3.05, 3.63) is 52.8 Å². The summed E-state index contributed by atoms with van der Waals surface area (Å²) in [7, 11) is -3.67. The second kappa shape index (κ2) is 5.83. The normalized spacial score (nSPS) is 11.6. The van der Waals surface area contributed by atoms with Gasteiger partial charge in [0.2, 0.25) is 10.0 Å². The van der Waals surface area contributed by atoms with Gasteiger partial charge in [-0.05, 0) is 44.0 Å². The molecule has 6 heteroatoms. The number of benzene rings is 1. The first-order chi connectivity index (χ1) is 9.81. The van der Waals surface area contributed by atoms with Crippen molar-refractivity contribution in [2.75, 3.05) is 5.73 Å². The molecule has 0 amide bonds. The molecule has 0 aliphatic heterocycles. The summed E-state index contributed by atoms with van der Waals surface area (Å²) < 4.78 is 27.5. The van der Waals surface area contributed by atoms with Gasteiger partial charge >= 0.3 is 0 Å². The number of aryl methyl sites for hydroxylation is 3. The van der Waals surface area contributed by atoms with Gasteiger partial charge in [0, 0.05) is 5.69 Å². The number of sulfonamides is 1. The van der Waals surface area contributed by atoms with Crippen molar-refractivity contribution in [3.63, 3.8) is 0 Å². The summed E-state index contributed by atoms with van der Waals surface area (Å²) in [6, 6.07) is 9.05. The summed E-state index contributed by atoms with van der Waals surface area (Å²) in [4.78, 5) is 4.42. The molecular formula is C15H19N3O2S. The smallest absolute Gasteiger partial charge is 0.243 e. The molecule has 0 aliphatic rings. The first-order valence-electron chi connectivity index (χ1n) is 6.59. The number of nitrogen functional groups attached to an aromatic ring is 1. The molecule has 0 saturated carbocycles. The molecule has 112 valence electrons. The Bertz CT molecular complexity index is 770. The molecule has 0 radical (unpaired) electrons. The van der Waals surface area contributed by atoms with Gasteiger partial charge < -0.3 is 5.73 Å². The summed E-state index contributed by atoms with van der Waals surface area (Å²) in [5.41, 5.74) is 9.11. The maximum absolute atomic E-state index is 12.5. The molecule has 0 spiro atoms. The van der Waals surface area contributed by atoms with E-state index < -0.39 is 10.0 Å². The van der Waals surface area contributed by atoms with Crippen LogP contribution in [0.4, 0.5) is 5.69 Å². The lowest BCUT2D eigenvalue weighted by molar-refractivity contribution is 0.580. The Morgan fingerprint density at radius 3 is 2.43 bits per heavy atom. The van der Waals surface area contributed by atoms with Crippen molar-refractivity contribution in [1.29, 1.82) is 0 Å². The highest BCUT2D eigenvalue weighted by atomic mass is 32.2. The number of nitrogens with one attached hydrogen (secondary N) is 1. The third-order valence-electron chi connectivity index (χ3n) is 3.27. The minimum atomic E-state index is -3.67. The van der Waals surface area contributed by atoms with Crippen LogP contribution in [0.3, 0.4) is 0 Å². The van der Waals surface area contributed by atoms with Gasteiger partial charge in [0.1, 0.15) is 4.90 Å². The quantitative estimate of drug-likeness (QED) is 0.847. The van der Waals surface area contributed by atoms with Crippen LogP contribution < -0.4 is 10.5 Å². The van der Waals surface area contributed by atoms with Crippen LogP contribution in [0.5, 0.6) is 0 Å². The maximum Gasteiger partial charge on any atom is 0.243 e. The van der Waals surface area contributed by atoms with Gasteiger partial charge in [-0.2, -0.15) is 0 Å². The molecule has 0 saturated heterocycles. The predicted molar refractivity (Wildman–Crippen MR) is 83.3 cm³/mol. The molecule has 0 aliphatic carbocycles.